The molecule has 0 radical (unpaired) electrons. The molecule has 2 aliphatic heterocycles. The van der Waals surface area contributed by atoms with Crippen LogP contribution in [0.2, 0.25) is 0 Å². The molecule has 2 aromatic rings. The number of nitrogens with zero attached hydrogens (tertiary/aromatic N) is 3. The Morgan fingerprint density at radius 1 is 1.13 bits per heavy atom. The lowest BCUT2D eigenvalue weighted by atomic mass is 9.68. The van der Waals surface area contributed by atoms with Crippen LogP contribution in [0, 0.1) is 5.41 Å². The number of aromatic nitrogens is 3. The molecule has 5 rings (SSSR count). The Bertz CT molecular complexity index is 880. The van der Waals surface area contributed by atoms with Crippen molar-refractivity contribution in [2.45, 2.75) is 95.2 Å². The molecule has 0 aromatic carbocycles. The van der Waals surface area contributed by atoms with Crippen LogP contribution in [-0.4, -0.2) is 33.5 Å². The van der Waals surface area contributed by atoms with Crippen LogP contribution in [0.3, 0.4) is 0 Å². The molecule has 3 aliphatic rings. The molecular weight excluding hydrogens is 384 g/mol. The van der Waals surface area contributed by atoms with Crippen LogP contribution in [0.25, 0.3) is 0 Å². The molecule has 31 heavy (non-hydrogen) atoms. The van der Waals surface area contributed by atoms with Crippen LogP contribution >= 0.6 is 0 Å². The predicted octanol–water partition coefficient (Wildman–Crippen LogP) is 5.35. The highest BCUT2D eigenvalue weighted by atomic mass is 16.5. The monoisotopic (exact) mass is 422 g/mol. The minimum atomic E-state index is 0.0824. The summed E-state index contributed by atoms with van der Waals surface area (Å²) in [6.07, 6.45) is 13.4. The lowest BCUT2D eigenvalue weighted by Gasteiger charge is -2.46. The highest BCUT2D eigenvalue weighted by molar-refractivity contribution is 5.21. The van der Waals surface area contributed by atoms with Crippen LogP contribution in [0.15, 0.2) is 36.7 Å². The molecule has 0 amide bonds. The molecule has 1 unspecified atom stereocenters. The van der Waals surface area contributed by atoms with Gasteiger partial charge in [-0.1, -0.05) is 39.7 Å². The maximum Gasteiger partial charge on any atom is 0.0691 e. The van der Waals surface area contributed by atoms with Crippen molar-refractivity contribution in [2.75, 3.05) is 13.2 Å². The standard InChI is InChI=1S/C26H38N4O/c1-24(2,3)23-18-20(21-9-15-29-30(21)23)27-16-12-25(22-8-4-7-14-28-22)13-17-31-26(19-25)10-5-6-11-26/h4,7-9,14-15,20,23,27H,5-6,10-13,16-19H2,1-3H3/t20-,23-,25?/m0/s1. The van der Waals surface area contributed by atoms with Gasteiger partial charge >= 0.3 is 0 Å². The van der Waals surface area contributed by atoms with E-state index in [-0.39, 0.29) is 16.4 Å². The fourth-order valence-corrected chi connectivity index (χ4v) is 6.49. The van der Waals surface area contributed by atoms with Gasteiger partial charge in [-0.3, -0.25) is 9.67 Å². The first-order valence-corrected chi connectivity index (χ1v) is 12.2. The Labute approximate surface area is 187 Å². The van der Waals surface area contributed by atoms with Crippen LogP contribution in [-0.2, 0) is 10.2 Å². The summed E-state index contributed by atoms with van der Waals surface area (Å²) in [6.45, 7) is 8.83. The van der Waals surface area contributed by atoms with Crippen molar-refractivity contribution in [1.29, 1.82) is 0 Å². The summed E-state index contributed by atoms with van der Waals surface area (Å²) in [5, 5.41) is 8.57. The average Bonchev–Trinajstić information content (AvgIpc) is 3.47. The number of pyridine rings is 1. The minimum Gasteiger partial charge on any atom is -0.375 e. The third-order valence-electron chi connectivity index (χ3n) is 8.18. The van der Waals surface area contributed by atoms with Gasteiger partial charge in [-0.15, -0.1) is 0 Å². The van der Waals surface area contributed by atoms with Gasteiger partial charge in [-0.2, -0.15) is 5.10 Å². The van der Waals surface area contributed by atoms with E-state index in [1.54, 1.807) is 0 Å². The number of hydrogen-bond acceptors (Lipinski definition) is 4. The molecule has 2 fully saturated rings. The molecule has 0 bridgehead atoms. The second-order valence-electron chi connectivity index (χ2n) is 11.2. The highest BCUT2D eigenvalue weighted by Crippen LogP contribution is 2.50. The van der Waals surface area contributed by atoms with E-state index in [2.05, 4.69) is 54.1 Å². The fraction of sp³-hybridized carbons (Fsp3) is 0.692. The first-order chi connectivity index (χ1) is 14.9. The van der Waals surface area contributed by atoms with E-state index in [0.717, 1.165) is 38.8 Å². The zero-order valence-electron chi connectivity index (χ0n) is 19.4. The Kier molecular flexibility index (Phi) is 5.46. The first kappa shape index (κ1) is 21.1. The second kappa shape index (κ2) is 8.00. The van der Waals surface area contributed by atoms with Crippen molar-refractivity contribution in [2.24, 2.45) is 5.41 Å². The van der Waals surface area contributed by atoms with Crippen molar-refractivity contribution in [3.8, 4) is 0 Å². The summed E-state index contributed by atoms with van der Waals surface area (Å²) in [5.74, 6) is 0. The third-order valence-corrected chi connectivity index (χ3v) is 8.18. The first-order valence-electron chi connectivity index (χ1n) is 12.2. The Balaban J connectivity index is 1.32. The maximum absolute atomic E-state index is 6.41. The van der Waals surface area contributed by atoms with E-state index in [9.17, 15) is 0 Å². The topological polar surface area (TPSA) is 52.0 Å². The fourth-order valence-electron chi connectivity index (χ4n) is 6.49. The van der Waals surface area contributed by atoms with Crippen molar-refractivity contribution in [3.05, 3.63) is 48.0 Å². The summed E-state index contributed by atoms with van der Waals surface area (Å²) < 4.78 is 8.67. The molecule has 1 saturated heterocycles. The SMILES string of the molecule is CC(C)(C)[C@@H]1C[C@H](NCCC2(c3ccccn3)CCOC3(CCCC3)C2)c2ccnn21. The van der Waals surface area contributed by atoms with Crippen molar-refractivity contribution in [3.63, 3.8) is 0 Å². The van der Waals surface area contributed by atoms with Gasteiger partial charge in [0.1, 0.15) is 0 Å². The summed E-state index contributed by atoms with van der Waals surface area (Å²) in [4.78, 5) is 4.85. The molecule has 1 saturated carbocycles. The van der Waals surface area contributed by atoms with Gasteiger partial charge in [0.15, 0.2) is 0 Å². The summed E-state index contributed by atoms with van der Waals surface area (Å²) in [5.41, 5.74) is 3.00. The molecule has 1 aliphatic carbocycles. The van der Waals surface area contributed by atoms with Gasteiger partial charge in [0, 0.05) is 30.1 Å². The van der Waals surface area contributed by atoms with Gasteiger partial charge < -0.3 is 10.1 Å². The maximum atomic E-state index is 6.41. The van der Waals surface area contributed by atoms with Gasteiger partial charge in [-0.05, 0) is 68.7 Å². The molecule has 5 nitrogen and oxygen atoms in total. The van der Waals surface area contributed by atoms with Crippen molar-refractivity contribution < 1.29 is 4.74 Å². The number of hydrogen-bond donors (Lipinski definition) is 1. The number of fused-ring (bicyclic) bond motifs is 1. The van der Waals surface area contributed by atoms with Gasteiger partial charge in [0.05, 0.1) is 23.4 Å². The lowest BCUT2D eigenvalue weighted by molar-refractivity contribution is -0.104. The van der Waals surface area contributed by atoms with E-state index >= 15 is 0 Å². The van der Waals surface area contributed by atoms with Crippen LogP contribution in [0.1, 0.15) is 95.6 Å². The Hall–Kier alpha value is -1.72. The van der Waals surface area contributed by atoms with E-state index in [1.807, 2.05) is 18.5 Å². The summed E-state index contributed by atoms with van der Waals surface area (Å²) in [7, 11) is 0. The Morgan fingerprint density at radius 3 is 2.71 bits per heavy atom. The number of ether oxygens (including phenoxy) is 1. The van der Waals surface area contributed by atoms with Gasteiger partial charge in [0.2, 0.25) is 0 Å². The third kappa shape index (κ3) is 3.95. The molecule has 4 heterocycles. The van der Waals surface area contributed by atoms with E-state index in [0.29, 0.717) is 12.1 Å². The van der Waals surface area contributed by atoms with Crippen LogP contribution < -0.4 is 5.32 Å². The van der Waals surface area contributed by atoms with E-state index < -0.39 is 0 Å². The van der Waals surface area contributed by atoms with E-state index in [4.69, 9.17) is 9.72 Å². The molecule has 2 aromatic heterocycles. The van der Waals surface area contributed by atoms with Crippen LogP contribution in [0.4, 0.5) is 0 Å². The zero-order chi connectivity index (χ0) is 21.5. The van der Waals surface area contributed by atoms with Crippen molar-refractivity contribution >= 4 is 0 Å². The number of rotatable bonds is 5. The molecule has 3 atom stereocenters. The Morgan fingerprint density at radius 2 is 1.97 bits per heavy atom. The molecule has 1 spiro atoms. The number of nitrogens with one attached hydrogen (secondary N) is 1. The molecule has 5 heteroatoms. The van der Waals surface area contributed by atoms with E-state index in [1.165, 1.54) is 37.1 Å². The minimum absolute atomic E-state index is 0.0824. The van der Waals surface area contributed by atoms with Gasteiger partial charge in [0.25, 0.3) is 0 Å². The second-order valence-corrected chi connectivity index (χ2v) is 11.2. The summed E-state index contributed by atoms with van der Waals surface area (Å²) in [6, 6.07) is 9.45. The smallest absolute Gasteiger partial charge is 0.0691 e. The van der Waals surface area contributed by atoms with Crippen LogP contribution in [0.5, 0.6) is 0 Å². The molecular formula is C26H38N4O. The lowest BCUT2D eigenvalue weighted by Crippen LogP contribution is -2.47. The van der Waals surface area contributed by atoms with Gasteiger partial charge in [-0.25, -0.2) is 0 Å². The average molecular weight is 423 g/mol. The normalized spacial score (nSPS) is 30.0. The molecule has 168 valence electrons. The quantitative estimate of drug-likeness (QED) is 0.706. The predicted molar refractivity (Wildman–Crippen MR) is 123 cm³/mol. The largest absolute Gasteiger partial charge is 0.375 e. The summed E-state index contributed by atoms with van der Waals surface area (Å²) >= 11 is 0. The van der Waals surface area contributed by atoms with Crippen molar-refractivity contribution in [1.82, 2.24) is 20.1 Å². The molecule has 1 N–H and O–H groups in total. The zero-order valence-corrected chi connectivity index (χ0v) is 19.4. The highest BCUT2D eigenvalue weighted by Gasteiger charge is 2.48.